The van der Waals surface area contributed by atoms with Crippen LogP contribution in [0, 0.1) is 10.1 Å². The van der Waals surface area contributed by atoms with Crippen LogP contribution in [0.4, 0.5) is 11.4 Å². The predicted molar refractivity (Wildman–Crippen MR) is 82.8 cm³/mol. The van der Waals surface area contributed by atoms with Gasteiger partial charge < -0.3 is 10.1 Å². The molecule has 0 fully saturated rings. The summed E-state index contributed by atoms with van der Waals surface area (Å²) in [6.45, 7) is 2.54. The molecule has 0 saturated heterocycles. The molecule has 2 aromatic rings. The van der Waals surface area contributed by atoms with Crippen LogP contribution in [0.3, 0.4) is 0 Å². The Morgan fingerprint density at radius 2 is 2.18 bits per heavy atom. The second-order valence-electron chi connectivity index (χ2n) is 4.63. The van der Waals surface area contributed by atoms with E-state index in [9.17, 15) is 14.9 Å². The number of para-hydroxylation sites is 1. The van der Waals surface area contributed by atoms with Gasteiger partial charge in [0, 0.05) is 18.4 Å². The third-order valence-corrected chi connectivity index (χ3v) is 3.12. The normalized spacial score (nSPS) is 10.4. The van der Waals surface area contributed by atoms with Gasteiger partial charge in [-0.05, 0) is 19.4 Å². The summed E-state index contributed by atoms with van der Waals surface area (Å²) < 4.78 is 4.84. The van der Waals surface area contributed by atoms with Gasteiger partial charge >= 0.3 is 11.7 Å². The van der Waals surface area contributed by atoms with Gasteiger partial charge in [-0.25, -0.2) is 4.98 Å². The summed E-state index contributed by atoms with van der Waals surface area (Å²) in [5.41, 5.74) is 1.04. The molecule has 0 aliphatic heterocycles. The van der Waals surface area contributed by atoms with Crippen LogP contribution in [-0.2, 0) is 9.53 Å². The average Bonchev–Trinajstić information content (AvgIpc) is 2.51. The van der Waals surface area contributed by atoms with E-state index in [1.165, 1.54) is 6.20 Å². The minimum Gasteiger partial charge on any atom is -0.466 e. The zero-order valence-corrected chi connectivity index (χ0v) is 12.2. The number of hydrogen-bond donors (Lipinski definition) is 1. The monoisotopic (exact) mass is 303 g/mol. The van der Waals surface area contributed by atoms with Crippen LogP contribution in [0.25, 0.3) is 10.9 Å². The van der Waals surface area contributed by atoms with E-state index >= 15 is 0 Å². The molecule has 0 spiro atoms. The van der Waals surface area contributed by atoms with Crippen LogP contribution in [0.5, 0.6) is 0 Å². The Labute approximate surface area is 127 Å². The number of nitrogens with zero attached hydrogens (tertiary/aromatic N) is 2. The number of carbonyl (C=O) groups excluding carboxylic acids is 1. The van der Waals surface area contributed by atoms with Crippen molar-refractivity contribution in [2.45, 2.75) is 19.8 Å². The molecule has 1 heterocycles. The summed E-state index contributed by atoms with van der Waals surface area (Å²) in [6, 6.07) is 7.20. The molecule has 0 unspecified atom stereocenters. The number of fused-ring (bicyclic) bond motifs is 1. The molecule has 0 amide bonds. The van der Waals surface area contributed by atoms with Crippen molar-refractivity contribution in [1.82, 2.24) is 4.98 Å². The first-order valence-corrected chi connectivity index (χ1v) is 7.05. The molecule has 0 bridgehead atoms. The van der Waals surface area contributed by atoms with Crippen LogP contribution in [0.1, 0.15) is 19.8 Å². The van der Waals surface area contributed by atoms with E-state index in [0.29, 0.717) is 36.2 Å². The van der Waals surface area contributed by atoms with Crippen LogP contribution in [0.15, 0.2) is 30.5 Å². The summed E-state index contributed by atoms with van der Waals surface area (Å²) in [5.74, 6) is -0.265. The summed E-state index contributed by atoms with van der Waals surface area (Å²) in [4.78, 5) is 26.0. The van der Waals surface area contributed by atoms with Gasteiger partial charge in [0.2, 0.25) is 0 Å². The standard InChI is InChI=1S/C15H17N3O4/c1-2-22-14(19)8-5-9-16-15-11-6-3-4-7-12(11)17-10-13(15)18(20)21/h3-4,6-7,10H,2,5,8-9H2,1H3,(H,16,17). The molecule has 7 heteroatoms. The molecule has 1 aromatic carbocycles. The Kier molecular flexibility index (Phi) is 5.24. The summed E-state index contributed by atoms with van der Waals surface area (Å²) in [5, 5.41) is 14.9. The maximum atomic E-state index is 11.3. The van der Waals surface area contributed by atoms with Gasteiger partial charge in [0.1, 0.15) is 11.9 Å². The molecule has 0 saturated carbocycles. The van der Waals surface area contributed by atoms with Crippen molar-refractivity contribution < 1.29 is 14.5 Å². The lowest BCUT2D eigenvalue weighted by atomic mass is 10.1. The van der Waals surface area contributed by atoms with E-state index in [0.717, 1.165) is 0 Å². The predicted octanol–water partition coefficient (Wildman–Crippen LogP) is 2.90. The van der Waals surface area contributed by atoms with Crippen LogP contribution in [0.2, 0.25) is 0 Å². The number of ether oxygens (including phenoxy) is 1. The van der Waals surface area contributed by atoms with Gasteiger partial charge in [0.15, 0.2) is 0 Å². The molecule has 0 atom stereocenters. The number of nitrogens with one attached hydrogen (secondary N) is 1. The van der Waals surface area contributed by atoms with Crippen molar-refractivity contribution in [3.05, 3.63) is 40.6 Å². The van der Waals surface area contributed by atoms with E-state index in [-0.39, 0.29) is 18.1 Å². The van der Waals surface area contributed by atoms with Gasteiger partial charge in [-0.2, -0.15) is 0 Å². The van der Waals surface area contributed by atoms with E-state index in [4.69, 9.17) is 4.74 Å². The van der Waals surface area contributed by atoms with Crippen molar-refractivity contribution in [3.8, 4) is 0 Å². The molecule has 2 rings (SSSR count). The summed E-state index contributed by atoms with van der Waals surface area (Å²) in [7, 11) is 0. The second-order valence-corrected chi connectivity index (χ2v) is 4.63. The highest BCUT2D eigenvalue weighted by atomic mass is 16.6. The van der Waals surface area contributed by atoms with E-state index in [1.807, 2.05) is 6.07 Å². The van der Waals surface area contributed by atoms with E-state index in [2.05, 4.69) is 10.3 Å². The number of hydrogen-bond acceptors (Lipinski definition) is 6. The molecular formula is C15H17N3O4. The van der Waals surface area contributed by atoms with Gasteiger partial charge in [0.05, 0.1) is 17.0 Å². The fourth-order valence-corrected chi connectivity index (χ4v) is 2.13. The lowest BCUT2D eigenvalue weighted by Crippen LogP contribution is -2.09. The van der Waals surface area contributed by atoms with Crippen LogP contribution < -0.4 is 5.32 Å². The maximum absolute atomic E-state index is 11.3. The van der Waals surface area contributed by atoms with E-state index in [1.54, 1.807) is 25.1 Å². The maximum Gasteiger partial charge on any atom is 0.311 e. The topological polar surface area (TPSA) is 94.4 Å². The fraction of sp³-hybridized carbons (Fsp3) is 0.333. The minimum atomic E-state index is -0.465. The highest BCUT2D eigenvalue weighted by Crippen LogP contribution is 2.31. The van der Waals surface area contributed by atoms with Gasteiger partial charge in [-0.15, -0.1) is 0 Å². The quantitative estimate of drug-likeness (QED) is 0.366. The van der Waals surface area contributed by atoms with Gasteiger partial charge in [-0.3, -0.25) is 14.9 Å². The number of esters is 1. The third-order valence-electron chi connectivity index (χ3n) is 3.12. The fourth-order valence-electron chi connectivity index (χ4n) is 2.13. The smallest absolute Gasteiger partial charge is 0.311 e. The third kappa shape index (κ3) is 3.69. The zero-order valence-electron chi connectivity index (χ0n) is 12.2. The molecule has 0 aliphatic rings. The van der Waals surface area contributed by atoms with Gasteiger partial charge in [-0.1, -0.05) is 18.2 Å². The number of pyridine rings is 1. The first kappa shape index (κ1) is 15.7. The number of rotatable bonds is 7. The number of anilines is 1. The number of benzene rings is 1. The largest absolute Gasteiger partial charge is 0.466 e. The molecule has 0 radical (unpaired) electrons. The van der Waals surface area contributed by atoms with Gasteiger partial charge in [0.25, 0.3) is 0 Å². The lowest BCUT2D eigenvalue weighted by molar-refractivity contribution is -0.384. The Morgan fingerprint density at radius 1 is 1.41 bits per heavy atom. The van der Waals surface area contributed by atoms with Crippen molar-refractivity contribution in [2.24, 2.45) is 0 Å². The molecule has 7 nitrogen and oxygen atoms in total. The molecular weight excluding hydrogens is 286 g/mol. The number of carbonyl (C=O) groups is 1. The number of aromatic nitrogens is 1. The summed E-state index contributed by atoms with van der Waals surface area (Å²) >= 11 is 0. The lowest BCUT2D eigenvalue weighted by Gasteiger charge is -2.09. The van der Waals surface area contributed by atoms with E-state index < -0.39 is 4.92 Å². The van der Waals surface area contributed by atoms with Crippen LogP contribution >= 0.6 is 0 Å². The van der Waals surface area contributed by atoms with Crippen molar-refractivity contribution in [2.75, 3.05) is 18.5 Å². The Morgan fingerprint density at radius 3 is 2.91 bits per heavy atom. The zero-order chi connectivity index (χ0) is 15.9. The first-order valence-electron chi connectivity index (χ1n) is 7.05. The van der Waals surface area contributed by atoms with Crippen molar-refractivity contribution in [3.63, 3.8) is 0 Å². The molecule has 1 aromatic heterocycles. The van der Waals surface area contributed by atoms with Crippen LogP contribution in [-0.4, -0.2) is 29.0 Å². The second kappa shape index (κ2) is 7.35. The SMILES string of the molecule is CCOC(=O)CCCNc1c([N+](=O)[O-])cnc2ccccc12. The number of nitro groups is 1. The Bertz CT molecular complexity index is 688. The minimum absolute atomic E-state index is 0.0742. The Balaban J connectivity index is 2.13. The van der Waals surface area contributed by atoms with Crippen molar-refractivity contribution in [1.29, 1.82) is 0 Å². The average molecular weight is 303 g/mol. The first-order chi connectivity index (χ1) is 10.6. The molecule has 116 valence electrons. The summed E-state index contributed by atoms with van der Waals surface area (Å²) in [6.07, 6.45) is 2.06. The molecule has 0 aliphatic carbocycles. The highest BCUT2D eigenvalue weighted by Gasteiger charge is 2.17. The Hall–Kier alpha value is -2.70. The highest BCUT2D eigenvalue weighted by molar-refractivity contribution is 5.95. The molecule has 22 heavy (non-hydrogen) atoms. The van der Waals surface area contributed by atoms with Crippen molar-refractivity contribution >= 4 is 28.2 Å². The molecule has 1 N–H and O–H groups in total.